The Morgan fingerprint density at radius 3 is 2.81 bits per heavy atom. The van der Waals surface area contributed by atoms with Crippen LogP contribution in [0.5, 0.6) is 0 Å². The van der Waals surface area contributed by atoms with Gasteiger partial charge in [0, 0.05) is 43.4 Å². The lowest BCUT2D eigenvalue weighted by Gasteiger charge is -2.35. The summed E-state index contributed by atoms with van der Waals surface area (Å²) in [5, 5.41) is 0. The smallest absolute Gasteiger partial charge is 0.252 e. The molecule has 5 nitrogen and oxygen atoms in total. The Bertz CT molecular complexity index is 653. The number of sulfonamides is 1. The summed E-state index contributed by atoms with van der Waals surface area (Å²) in [5.74, 6) is 0.269. The zero-order valence-corrected chi connectivity index (χ0v) is 13.9. The van der Waals surface area contributed by atoms with Crippen molar-refractivity contribution in [3.8, 4) is 0 Å². The van der Waals surface area contributed by atoms with Crippen LogP contribution in [-0.2, 0) is 21.2 Å². The highest BCUT2D eigenvalue weighted by molar-refractivity contribution is 7.91. The van der Waals surface area contributed by atoms with Gasteiger partial charge in [0.05, 0.1) is 0 Å². The number of fused-ring (bicyclic) bond motifs is 1. The molecule has 2 aliphatic rings. The number of carbonyl (C=O) groups excluding carboxylic acids is 1. The average Bonchev–Trinajstić information content (AvgIpc) is 3.05. The zero-order valence-electron chi connectivity index (χ0n) is 12.3. The third kappa shape index (κ3) is 2.51. The summed E-state index contributed by atoms with van der Waals surface area (Å²) in [4.78, 5) is 14.6. The first-order chi connectivity index (χ1) is 9.93. The molecule has 1 aromatic rings. The summed E-state index contributed by atoms with van der Waals surface area (Å²) in [7, 11) is -1.58. The largest absolute Gasteiger partial charge is 0.342 e. The number of piperidine rings is 1. The minimum absolute atomic E-state index is 0.133. The van der Waals surface area contributed by atoms with Crippen LogP contribution in [0.25, 0.3) is 0 Å². The maximum atomic E-state index is 12.7. The summed E-state index contributed by atoms with van der Waals surface area (Å²) < 4.78 is 27.4. The van der Waals surface area contributed by atoms with Crippen molar-refractivity contribution in [1.29, 1.82) is 0 Å². The molecule has 0 bridgehead atoms. The molecule has 1 amide bonds. The number of carbonyl (C=O) groups is 1. The molecule has 1 aromatic heterocycles. The molecule has 0 unspecified atom stereocenters. The molecule has 21 heavy (non-hydrogen) atoms. The fourth-order valence-electron chi connectivity index (χ4n) is 3.28. The summed E-state index contributed by atoms with van der Waals surface area (Å²) in [6.07, 6.45) is 2.06. The second kappa shape index (κ2) is 5.37. The van der Waals surface area contributed by atoms with Crippen LogP contribution < -0.4 is 0 Å². The van der Waals surface area contributed by atoms with E-state index in [1.807, 2.05) is 20.0 Å². The van der Waals surface area contributed by atoms with Crippen molar-refractivity contribution in [2.45, 2.75) is 36.4 Å². The average molecular weight is 328 g/mol. The SMILES string of the molecule is CCc1ccc(S(=O)(=O)N2CC[C@H]3[C@H](CC(=O)N3C)C2)s1. The zero-order chi connectivity index (χ0) is 15.2. The molecule has 2 fully saturated rings. The van der Waals surface area contributed by atoms with Crippen LogP contribution in [0, 0.1) is 5.92 Å². The van der Waals surface area contributed by atoms with Crippen molar-refractivity contribution < 1.29 is 13.2 Å². The molecule has 0 spiro atoms. The normalized spacial score (nSPS) is 27.1. The van der Waals surface area contributed by atoms with Gasteiger partial charge in [0.1, 0.15) is 4.21 Å². The Hall–Kier alpha value is -0.920. The van der Waals surface area contributed by atoms with Crippen molar-refractivity contribution >= 4 is 27.3 Å². The van der Waals surface area contributed by atoms with E-state index in [9.17, 15) is 13.2 Å². The fraction of sp³-hybridized carbons (Fsp3) is 0.643. The monoisotopic (exact) mass is 328 g/mol. The summed E-state index contributed by atoms with van der Waals surface area (Å²) in [6.45, 7) is 2.98. The molecule has 116 valence electrons. The molecule has 3 heterocycles. The molecule has 0 saturated carbocycles. The molecule has 2 atom stereocenters. The predicted molar refractivity (Wildman–Crippen MR) is 81.7 cm³/mol. The van der Waals surface area contributed by atoms with Gasteiger partial charge in [-0.15, -0.1) is 11.3 Å². The molecule has 0 radical (unpaired) electrons. The number of nitrogens with zero attached hydrogens (tertiary/aromatic N) is 2. The lowest BCUT2D eigenvalue weighted by atomic mass is 9.94. The van der Waals surface area contributed by atoms with E-state index in [1.54, 1.807) is 15.3 Å². The second-order valence-corrected chi connectivity index (χ2v) is 9.10. The van der Waals surface area contributed by atoms with Gasteiger partial charge in [-0.05, 0) is 25.0 Å². The van der Waals surface area contributed by atoms with Crippen molar-refractivity contribution in [1.82, 2.24) is 9.21 Å². The topological polar surface area (TPSA) is 57.7 Å². The molecule has 7 heteroatoms. The first-order valence-electron chi connectivity index (χ1n) is 7.28. The Morgan fingerprint density at radius 1 is 1.38 bits per heavy atom. The van der Waals surface area contributed by atoms with Crippen molar-refractivity contribution in [3.05, 3.63) is 17.0 Å². The van der Waals surface area contributed by atoms with E-state index in [1.165, 1.54) is 11.3 Å². The standard InChI is InChI=1S/C14H20N2O3S2/c1-3-11-4-5-14(20-11)21(18,19)16-7-6-12-10(9-16)8-13(17)15(12)2/h4-5,10,12H,3,6-9H2,1-2H3/t10-,12+/m1/s1. The fourth-order valence-corrected chi connectivity index (χ4v) is 6.24. The van der Waals surface area contributed by atoms with E-state index in [-0.39, 0.29) is 17.9 Å². The van der Waals surface area contributed by atoms with Gasteiger partial charge in [-0.3, -0.25) is 4.79 Å². The predicted octanol–water partition coefficient (Wildman–Crippen LogP) is 1.55. The third-order valence-corrected chi connectivity index (χ3v) is 8.13. The molecule has 0 aliphatic carbocycles. The van der Waals surface area contributed by atoms with Gasteiger partial charge in [-0.2, -0.15) is 4.31 Å². The number of hydrogen-bond donors (Lipinski definition) is 0. The Labute approximate surface area is 129 Å². The molecule has 0 aromatic carbocycles. The van der Waals surface area contributed by atoms with Gasteiger partial charge in [0.25, 0.3) is 10.0 Å². The van der Waals surface area contributed by atoms with Gasteiger partial charge in [0.15, 0.2) is 0 Å². The van der Waals surface area contributed by atoms with E-state index in [4.69, 9.17) is 0 Å². The molecular weight excluding hydrogens is 308 g/mol. The number of amides is 1. The summed E-state index contributed by atoms with van der Waals surface area (Å²) in [5.41, 5.74) is 0. The third-order valence-electron chi connectivity index (χ3n) is 4.56. The maximum absolute atomic E-state index is 12.7. The number of thiophene rings is 1. The van der Waals surface area contributed by atoms with E-state index < -0.39 is 10.0 Å². The van der Waals surface area contributed by atoms with Crippen LogP contribution in [0.2, 0.25) is 0 Å². The molecule has 0 N–H and O–H groups in total. The summed E-state index contributed by atoms with van der Waals surface area (Å²) >= 11 is 1.35. The van der Waals surface area contributed by atoms with Crippen LogP contribution in [0.15, 0.2) is 16.3 Å². The first kappa shape index (κ1) is 15.0. The number of rotatable bonds is 3. The van der Waals surface area contributed by atoms with E-state index in [0.29, 0.717) is 23.7 Å². The molecule has 3 rings (SSSR count). The number of likely N-dealkylation sites (tertiary alicyclic amines) is 1. The van der Waals surface area contributed by atoms with Gasteiger partial charge in [-0.25, -0.2) is 8.42 Å². The first-order valence-corrected chi connectivity index (χ1v) is 9.53. The number of aryl methyl sites for hydroxylation is 1. The highest BCUT2D eigenvalue weighted by Crippen LogP contribution is 2.34. The molecule has 2 aliphatic heterocycles. The lowest BCUT2D eigenvalue weighted by Crippen LogP contribution is -2.47. The van der Waals surface area contributed by atoms with Crippen LogP contribution >= 0.6 is 11.3 Å². The van der Waals surface area contributed by atoms with Gasteiger partial charge < -0.3 is 4.90 Å². The number of hydrogen-bond acceptors (Lipinski definition) is 4. The second-order valence-electron chi connectivity index (χ2n) is 5.76. The summed E-state index contributed by atoms with van der Waals surface area (Å²) in [6, 6.07) is 3.80. The van der Waals surface area contributed by atoms with Crippen molar-refractivity contribution in [2.24, 2.45) is 5.92 Å². The van der Waals surface area contributed by atoms with Gasteiger partial charge in [-0.1, -0.05) is 6.92 Å². The minimum Gasteiger partial charge on any atom is -0.342 e. The van der Waals surface area contributed by atoms with E-state index >= 15 is 0 Å². The highest BCUT2D eigenvalue weighted by atomic mass is 32.2. The molecular formula is C14H20N2O3S2. The van der Waals surface area contributed by atoms with Crippen LogP contribution in [0.1, 0.15) is 24.6 Å². The Kier molecular flexibility index (Phi) is 3.83. The lowest BCUT2D eigenvalue weighted by molar-refractivity contribution is -0.127. The Morgan fingerprint density at radius 2 is 2.14 bits per heavy atom. The highest BCUT2D eigenvalue weighted by Gasteiger charge is 2.43. The van der Waals surface area contributed by atoms with Crippen molar-refractivity contribution in [3.63, 3.8) is 0 Å². The quantitative estimate of drug-likeness (QED) is 0.846. The van der Waals surface area contributed by atoms with Crippen molar-refractivity contribution in [2.75, 3.05) is 20.1 Å². The maximum Gasteiger partial charge on any atom is 0.252 e. The van der Waals surface area contributed by atoms with Crippen LogP contribution in [0.4, 0.5) is 0 Å². The van der Waals surface area contributed by atoms with Gasteiger partial charge >= 0.3 is 0 Å². The van der Waals surface area contributed by atoms with E-state index in [2.05, 4.69) is 0 Å². The van der Waals surface area contributed by atoms with Crippen LogP contribution in [-0.4, -0.2) is 49.7 Å². The van der Waals surface area contributed by atoms with Crippen LogP contribution in [0.3, 0.4) is 0 Å². The minimum atomic E-state index is -3.40. The Balaban J connectivity index is 1.80. The van der Waals surface area contributed by atoms with E-state index in [0.717, 1.165) is 17.7 Å². The molecule has 2 saturated heterocycles. The van der Waals surface area contributed by atoms with Gasteiger partial charge in [0.2, 0.25) is 5.91 Å².